The number of amides is 2. The fourth-order valence-electron chi connectivity index (χ4n) is 4.35. The third-order valence-corrected chi connectivity index (χ3v) is 7.40. The zero-order valence-electron chi connectivity index (χ0n) is 20.8. The van der Waals surface area contributed by atoms with Crippen LogP contribution in [-0.2, 0) is 22.5 Å². The fraction of sp³-hybridized carbons (Fsp3) is 0.385. The van der Waals surface area contributed by atoms with Gasteiger partial charge in [-0.25, -0.2) is 9.78 Å². The number of thiophene rings is 1. The quantitative estimate of drug-likeness (QED) is 0.462. The summed E-state index contributed by atoms with van der Waals surface area (Å²) >= 11 is 1.34. The Hall–Kier alpha value is -3.84. The lowest BCUT2D eigenvalue weighted by Crippen LogP contribution is -2.36. The van der Waals surface area contributed by atoms with Crippen LogP contribution in [0.2, 0.25) is 0 Å². The number of hydrogen-bond acceptors (Lipinski definition) is 7. The highest BCUT2D eigenvalue weighted by atomic mass is 32.1. The van der Waals surface area contributed by atoms with Crippen molar-refractivity contribution in [3.63, 3.8) is 0 Å². The highest BCUT2D eigenvalue weighted by Crippen LogP contribution is 2.38. The number of anilines is 1. The van der Waals surface area contributed by atoms with Crippen molar-refractivity contribution in [3.8, 4) is 11.8 Å². The molecule has 1 aliphatic rings. The number of benzene rings is 1. The van der Waals surface area contributed by atoms with Crippen LogP contribution >= 0.6 is 11.3 Å². The molecule has 2 amide bonds. The van der Waals surface area contributed by atoms with Gasteiger partial charge < -0.3 is 24.7 Å². The number of aromatic amines is 1. The van der Waals surface area contributed by atoms with Crippen LogP contribution < -0.4 is 10.1 Å². The van der Waals surface area contributed by atoms with Gasteiger partial charge in [-0.05, 0) is 43.4 Å². The van der Waals surface area contributed by atoms with Crippen molar-refractivity contribution in [2.45, 2.75) is 52.2 Å². The van der Waals surface area contributed by atoms with Crippen molar-refractivity contribution in [2.75, 3.05) is 19.0 Å². The zero-order chi connectivity index (χ0) is 25.8. The van der Waals surface area contributed by atoms with Crippen molar-refractivity contribution in [1.82, 2.24) is 14.9 Å². The first kappa shape index (κ1) is 25.3. The number of imidazole rings is 1. The molecule has 0 fully saturated rings. The van der Waals surface area contributed by atoms with Gasteiger partial charge >= 0.3 is 6.09 Å². The molecule has 10 heteroatoms. The van der Waals surface area contributed by atoms with E-state index in [0.717, 1.165) is 27.3 Å². The van der Waals surface area contributed by atoms with Gasteiger partial charge in [0, 0.05) is 30.2 Å². The zero-order valence-corrected chi connectivity index (χ0v) is 21.6. The van der Waals surface area contributed by atoms with Gasteiger partial charge in [-0.1, -0.05) is 24.6 Å². The van der Waals surface area contributed by atoms with Crippen LogP contribution in [0.5, 0.6) is 5.75 Å². The summed E-state index contributed by atoms with van der Waals surface area (Å²) in [5.74, 6) is 1.08. The fourth-order valence-corrected chi connectivity index (χ4v) is 5.58. The number of ether oxygens (including phenoxy) is 2. The van der Waals surface area contributed by atoms with E-state index in [9.17, 15) is 14.9 Å². The van der Waals surface area contributed by atoms with Crippen molar-refractivity contribution in [1.29, 1.82) is 5.26 Å². The molecule has 4 rings (SSSR count). The van der Waals surface area contributed by atoms with Crippen molar-refractivity contribution in [3.05, 3.63) is 63.5 Å². The molecule has 0 saturated heterocycles. The Bertz CT molecular complexity index is 1290. The van der Waals surface area contributed by atoms with Crippen LogP contribution in [0.4, 0.5) is 9.80 Å². The number of rotatable bonds is 7. The second kappa shape index (κ2) is 10.8. The first-order valence-corrected chi connectivity index (χ1v) is 12.6. The third-order valence-electron chi connectivity index (χ3n) is 6.27. The molecule has 0 radical (unpaired) electrons. The molecule has 0 aliphatic carbocycles. The van der Waals surface area contributed by atoms with Crippen LogP contribution in [0, 0.1) is 18.3 Å². The van der Waals surface area contributed by atoms with Gasteiger partial charge in [0.25, 0.3) is 0 Å². The molecule has 1 aliphatic heterocycles. The summed E-state index contributed by atoms with van der Waals surface area (Å²) in [6.45, 7) is 6.49. The molecule has 0 bridgehead atoms. The Balaban J connectivity index is 1.43. The molecule has 2 atom stereocenters. The highest BCUT2D eigenvalue weighted by molar-refractivity contribution is 7.16. The Morgan fingerprint density at radius 2 is 2.17 bits per heavy atom. The van der Waals surface area contributed by atoms with Crippen molar-refractivity contribution >= 4 is 28.3 Å². The van der Waals surface area contributed by atoms with Gasteiger partial charge in [0.15, 0.2) is 6.10 Å². The number of hydrogen-bond donors (Lipinski definition) is 2. The maximum Gasteiger partial charge on any atom is 0.410 e. The van der Waals surface area contributed by atoms with Gasteiger partial charge in [-0.3, -0.25) is 4.79 Å². The van der Waals surface area contributed by atoms with E-state index < -0.39 is 12.2 Å². The van der Waals surface area contributed by atoms with Crippen LogP contribution in [0.25, 0.3) is 0 Å². The topological polar surface area (TPSA) is 120 Å². The number of nitrogens with one attached hydrogen (secondary N) is 2. The monoisotopic (exact) mass is 507 g/mol. The number of carbonyl (C=O) groups is 2. The van der Waals surface area contributed by atoms with E-state index in [1.54, 1.807) is 31.3 Å². The molecular weight excluding hydrogens is 478 g/mol. The Labute approximate surface area is 214 Å². The van der Waals surface area contributed by atoms with Gasteiger partial charge in [-0.2, -0.15) is 5.26 Å². The summed E-state index contributed by atoms with van der Waals surface area (Å²) in [5, 5.41) is 13.3. The third kappa shape index (κ3) is 5.36. The minimum Gasteiger partial charge on any atom is -0.496 e. The molecule has 9 nitrogen and oxygen atoms in total. The molecule has 0 spiro atoms. The SMILES string of the molecule is COc1ccc(C)cc1C(C)CC(=O)Nc1sc2c(c1C#N)CCN(C(=O)OC(C)c1ncc[nH]1)C2. The number of aromatic nitrogens is 2. The predicted octanol–water partition coefficient (Wildman–Crippen LogP) is 5.05. The van der Waals surface area contributed by atoms with Crippen LogP contribution in [0.1, 0.15) is 65.2 Å². The standard InChI is InChI=1S/C26H29N5O4S/c1-15-5-6-21(34-4)19(11-15)16(2)12-23(32)30-25-20(13-27)18-7-10-31(14-22(18)36-25)26(33)35-17(3)24-28-8-9-29-24/h5-6,8-9,11,16-17H,7,10,12,14H2,1-4H3,(H,28,29)(H,30,32). The highest BCUT2D eigenvalue weighted by Gasteiger charge is 2.29. The first-order valence-electron chi connectivity index (χ1n) is 11.7. The van der Waals surface area contributed by atoms with Gasteiger partial charge in [-0.15, -0.1) is 11.3 Å². The average molecular weight is 508 g/mol. The summed E-state index contributed by atoms with van der Waals surface area (Å²) in [7, 11) is 1.62. The van der Waals surface area contributed by atoms with E-state index in [1.807, 2.05) is 32.0 Å². The Morgan fingerprint density at radius 1 is 1.36 bits per heavy atom. The van der Waals surface area contributed by atoms with Crippen LogP contribution in [-0.4, -0.2) is 40.5 Å². The Kier molecular flexibility index (Phi) is 7.60. The molecule has 3 aromatic rings. The molecule has 1 aromatic carbocycles. The first-order chi connectivity index (χ1) is 17.3. The molecule has 2 unspecified atom stereocenters. The molecule has 2 aromatic heterocycles. The smallest absolute Gasteiger partial charge is 0.410 e. The largest absolute Gasteiger partial charge is 0.496 e. The van der Waals surface area contributed by atoms with Crippen LogP contribution in [0.3, 0.4) is 0 Å². The predicted molar refractivity (Wildman–Crippen MR) is 136 cm³/mol. The lowest BCUT2D eigenvalue weighted by molar-refractivity contribution is -0.116. The molecule has 2 N–H and O–H groups in total. The van der Waals surface area contributed by atoms with Crippen LogP contribution in [0.15, 0.2) is 30.6 Å². The van der Waals surface area contributed by atoms with E-state index in [1.165, 1.54) is 11.3 Å². The molecular formula is C26H29N5O4S. The number of fused-ring (bicyclic) bond motifs is 1. The minimum atomic E-state index is -0.504. The van der Waals surface area contributed by atoms with Gasteiger partial charge in [0.1, 0.15) is 22.6 Å². The number of nitrogens with zero attached hydrogens (tertiary/aromatic N) is 3. The lowest BCUT2D eigenvalue weighted by Gasteiger charge is -2.27. The molecule has 36 heavy (non-hydrogen) atoms. The summed E-state index contributed by atoms with van der Waals surface area (Å²) in [6, 6.07) is 8.16. The van der Waals surface area contributed by atoms with Gasteiger partial charge in [0.05, 0.1) is 19.2 Å². The van der Waals surface area contributed by atoms with E-state index in [4.69, 9.17) is 9.47 Å². The number of aryl methyl sites for hydroxylation is 1. The maximum absolute atomic E-state index is 12.9. The lowest BCUT2D eigenvalue weighted by atomic mass is 9.95. The van der Waals surface area contributed by atoms with Crippen molar-refractivity contribution in [2.24, 2.45) is 0 Å². The Morgan fingerprint density at radius 3 is 2.86 bits per heavy atom. The molecule has 188 valence electrons. The minimum absolute atomic E-state index is 0.0682. The summed E-state index contributed by atoms with van der Waals surface area (Å²) < 4.78 is 11.0. The van der Waals surface area contributed by atoms with E-state index >= 15 is 0 Å². The number of H-pyrrole nitrogens is 1. The second-order valence-electron chi connectivity index (χ2n) is 8.89. The van der Waals surface area contributed by atoms with E-state index in [0.29, 0.717) is 35.9 Å². The number of nitriles is 1. The average Bonchev–Trinajstić information content (AvgIpc) is 3.51. The van der Waals surface area contributed by atoms with E-state index in [-0.39, 0.29) is 18.2 Å². The van der Waals surface area contributed by atoms with E-state index in [2.05, 4.69) is 21.4 Å². The normalized spacial score (nSPS) is 14.4. The maximum atomic E-state index is 12.9. The summed E-state index contributed by atoms with van der Waals surface area (Å²) in [6.07, 6.45) is 3.10. The summed E-state index contributed by atoms with van der Waals surface area (Å²) in [5.41, 5.74) is 3.42. The number of methoxy groups -OCH3 is 1. The summed E-state index contributed by atoms with van der Waals surface area (Å²) in [4.78, 5) is 35.2. The molecule has 0 saturated carbocycles. The number of carbonyl (C=O) groups excluding carboxylic acids is 2. The van der Waals surface area contributed by atoms with Crippen molar-refractivity contribution < 1.29 is 19.1 Å². The van der Waals surface area contributed by atoms with Gasteiger partial charge in [0.2, 0.25) is 5.91 Å². The molecule has 3 heterocycles. The second-order valence-corrected chi connectivity index (χ2v) is 10.00.